The van der Waals surface area contributed by atoms with Crippen LogP contribution in [0.15, 0.2) is 82.2 Å². The van der Waals surface area contributed by atoms with Crippen molar-refractivity contribution < 1.29 is 18.0 Å². The van der Waals surface area contributed by atoms with Gasteiger partial charge >= 0.3 is 0 Å². The van der Waals surface area contributed by atoms with Crippen LogP contribution >= 0.6 is 39.1 Å². The summed E-state index contributed by atoms with van der Waals surface area (Å²) in [5, 5.41) is 3.72. The molecular weight excluding hydrogens is 637 g/mol. The number of benzene rings is 3. The smallest absolute Gasteiger partial charge is 0.264 e. The van der Waals surface area contributed by atoms with Crippen LogP contribution in [0.25, 0.3) is 0 Å². The number of hydrogen-bond acceptors (Lipinski definition) is 4. The van der Waals surface area contributed by atoms with Gasteiger partial charge in [-0.15, -0.1) is 0 Å². The number of amides is 2. The Morgan fingerprint density at radius 1 is 0.950 bits per heavy atom. The maximum absolute atomic E-state index is 14.1. The molecular formula is C29H32BrCl2N3O4S. The number of anilines is 1. The number of carbonyl (C=O) groups excluding carboxylic acids is 2. The molecule has 0 radical (unpaired) electrons. The molecule has 11 heteroatoms. The summed E-state index contributed by atoms with van der Waals surface area (Å²) < 4.78 is 29.4. The lowest BCUT2D eigenvalue weighted by Crippen LogP contribution is -2.53. The van der Waals surface area contributed by atoms with Crippen LogP contribution in [0.4, 0.5) is 5.69 Å². The molecule has 0 spiro atoms. The summed E-state index contributed by atoms with van der Waals surface area (Å²) in [6, 6.07) is 18.5. The quantitative estimate of drug-likeness (QED) is 0.234. The van der Waals surface area contributed by atoms with Crippen LogP contribution in [-0.4, -0.2) is 43.8 Å². The first-order valence-corrected chi connectivity index (χ1v) is 15.8. The first-order chi connectivity index (χ1) is 19.0. The van der Waals surface area contributed by atoms with Crippen LogP contribution in [0.1, 0.15) is 39.2 Å². The number of nitrogens with zero attached hydrogens (tertiary/aromatic N) is 2. The van der Waals surface area contributed by atoms with Gasteiger partial charge in [0.25, 0.3) is 10.0 Å². The molecule has 0 fully saturated rings. The van der Waals surface area contributed by atoms with Gasteiger partial charge in [-0.25, -0.2) is 8.42 Å². The average Bonchev–Trinajstić information content (AvgIpc) is 2.93. The molecule has 3 aromatic carbocycles. The number of carbonyl (C=O) groups is 2. The Bertz CT molecular complexity index is 1420. The molecule has 0 aromatic heterocycles. The van der Waals surface area contributed by atoms with E-state index in [1.807, 2.05) is 13.8 Å². The first kappa shape index (κ1) is 31.9. The predicted molar refractivity (Wildman–Crippen MR) is 164 cm³/mol. The van der Waals surface area contributed by atoms with Crippen molar-refractivity contribution in [1.29, 1.82) is 0 Å². The summed E-state index contributed by atoms with van der Waals surface area (Å²) in [6.45, 7) is 5.09. The molecule has 0 saturated carbocycles. The van der Waals surface area contributed by atoms with Crippen LogP contribution in [0.3, 0.4) is 0 Å². The number of rotatable bonds is 12. The van der Waals surface area contributed by atoms with Gasteiger partial charge in [0.1, 0.15) is 12.6 Å². The SMILES string of the molecule is CC[C@H](C)NC(=O)[C@H](CC)N(Cc1ccc(Cl)cc1Cl)C(=O)CN(c1ccc(Br)cc1)S(=O)(=O)c1ccccc1. The van der Waals surface area contributed by atoms with E-state index >= 15 is 0 Å². The third kappa shape index (κ3) is 8.00. The highest BCUT2D eigenvalue weighted by atomic mass is 79.9. The Morgan fingerprint density at radius 3 is 2.17 bits per heavy atom. The van der Waals surface area contributed by atoms with Crippen molar-refractivity contribution in [3.63, 3.8) is 0 Å². The maximum atomic E-state index is 14.1. The van der Waals surface area contributed by atoms with E-state index < -0.39 is 28.5 Å². The van der Waals surface area contributed by atoms with Crippen LogP contribution < -0.4 is 9.62 Å². The number of nitrogens with one attached hydrogen (secondary N) is 1. The summed E-state index contributed by atoms with van der Waals surface area (Å²) in [5.41, 5.74) is 0.886. The standard InChI is InChI=1S/C29H32BrCl2N3O4S/c1-4-20(3)33-29(37)27(5-2)34(18-21-11-14-23(31)17-26(21)32)28(36)19-35(24-15-12-22(30)13-16-24)40(38,39)25-9-7-6-8-10-25/h6-17,20,27H,4-5,18-19H2,1-3H3,(H,33,37)/t20-,27-/m0/s1. The molecule has 0 aliphatic rings. The molecule has 2 amide bonds. The normalized spacial score (nSPS) is 12.8. The number of sulfonamides is 1. The molecule has 0 saturated heterocycles. The summed E-state index contributed by atoms with van der Waals surface area (Å²) in [7, 11) is -4.13. The minimum atomic E-state index is -4.13. The molecule has 214 valence electrons. The second-order valence-corrected chi connectivity index (χ2v) is 12.9. The number of halogens is 3. The van der Waals surface area contributed by atoms with E-state index in [2.05, 4.69) is 21.2 Å². The van der Waals surface area contributed by atoms with E-state index in [4.69, 9.17) is 23.2 Å². The van der Waals surface area contributed by atoms with Crippen LogP contribution in [0.5, 0.6) is 0 Å². The first-order valence-electron chi connectivity index (χ1n) is 12.8. The molecule has 3 aromatic rings. The van der Waals surface area contributed by atoms with Crippen molar-refractivity contribution in [2.75, 3.05) is 10.8 Å². The highest BCUT2D eigenvalue weighted by Crippen LogP contribution is 2.27. The highest BCUT2D eigenvalue weighted by molar-refractivity contribution is 9.10. The fraction of sp³-hybridized carbons (Fsp3) is 0.310. The maximum Gasteiger partial charge on any atom is 0.264 e. The zero-order valence-electron chi connectivity index (χ0n) is 22.5. The van der Waals surface area contributed by atoms with Gasteiger partial charge in [-0.2, -0.15) is 0 Å². The lowest BCUT2D eigenvalue weighted by Gasteiger charge is -2.34. The van der Waals surface area contributed by atoms with Crippen LogP contribution in [0, 0.1) is 0 Å². The topological polar surface area (TPSA) is 86.8 Å². The molecule has 1 N–H and O–H groups in total. The summed E-state index contributed by atoms with van der Waals surface area (Å²) in [6.07, 6.45) is 1.02. The second kappa shape index (κ2) is 14.3. The molecule has 0 bridgehead atoms. The van der Waals surface area contributed by atoms with Gasteiger partial charge < -0.3 is 10.2 Å². The largest absolute Gasteiger partial charge is 0.352 e. The Kier molecular flexibility index (Phi) is 11.5. The monoisotopic (exact) mass is 667 g/mol. The Morgan fingerprint density at radius 2 is 1.60 bits per heavy atom. The Balaban J connectivity index is 2.07. The van der Waals surface area contributed by atoms with Gasteiger partial charge in [0.15, 0.2) is 0 Å². The molecule has 0 aliphatic carbocycles. The zero-order chi connectivity index (χ0) is 29.4. The molecule has 40 heavy (non-hydrogen) atoms. The predicted octanol–water partition coefficient (Wildman–Crippen LogP) is 6.67. The van der Waals surface area contributed by atoms with Crippen molar-refractivity contribution >= 4 is 66.7 Å². The second-order valence-electron chi connectivity index (χ2n) is 9.30. The van der Waals surface area contributed by atoms with Crippen molar-refractivity contribution in [3.05, 3.63) is 92.9 Å². The van der Waals surface area contributed by atoms with Crippen molar-refractivity contribution in [2.45, 2.75) is 57.1 Å². The Labute approximate surface area is 254 Å². The third-order valence-corrected chi connectivity index (χ3v) is 9.37. The van der Waals surface area contributed by atoms with Gasteiger partial charge in [0.2, 0.25) is 11.8 Å². The molecule has 0 heterocycles. The summed E-state index contributed by atoms with van der Waals surface area (Å²) in [4.78, 5) is 28.8. The lowest BCUT2D eigenvalue weighted by atomic mass is 10.1. The van der Waals surface area contributed by atoms with Gasteiger partial charge in [0, 0.05) is 27.1 Å². The molecule has 7 nitrogen and oxygen atoms in total. The molecule has 0 unspecified atom stereocenters. The third-order valence-electron chi connectivity index (χ3n) is 6.47. The van der Waals surface area contributed by atoms with Crippen molar-refractivity contribution in [1.82, 2.24) is 10.2 Å². The zero-order valence-corrected chi connectivity index (χ0v) is 26.4. The lowest BCUT2D eigenvalue weighted by molar-refractivity contribution is -0.140. The van der Waals surface area contributed by atoms with E-state index in [0.29, 0.717) is 34.1 Å². The van der Waals surface area contributed by atoms with Crippen LogP contribution in [-0.2, 0) is 26.2 Å². The Hall–Kier alpha value is -2.59. The molecule has 3 rings (SSSR count). The van der Waals surface area contributed by atoms with Gasteiger partial charge in [-0.3, -0.25) is 13.9 Å². The van der Waals surface area contributed by atoms with E-state index in [9.17, 15) is 18.0 Å². The van der Waals surface area contributed by atoms with Gasteiger partial charge in [0.05, 0.1) is 10.6 Å². The van der Waals surface area contributed by atoms with E-state index in [1.165, 1.54) is 17.0 Å². The molecule has 2 atom stereocenters. The van der Waals surface area contributed by atoms with E-state index in [-0.39, 0.29) is 23.4 Å². The highest BCUT2D eigenvalue weighted by Gasteiger charge is 2.34. The molecule has 0 aliphatic heterocycles. The van der Waals surface area contributed by atoms with Crippen molar-refractivity contribution in [2.24, 2.45) is 0 Å². The summed E-state index contributed by atoms with van der Waals surface area (Å²) >= 11 is 15.9. The fourth-order valence-electron chi connectivity index (χ4n) is 4.05. The minimum absolute atomic E-state index is 0.0131. The van der Waals surface area contributed by atoms with Crippen molar-refractivity contribution in [3.8, 4) is 0 Å². The fourth-order valence-corrected chi connectivity index (χ4v) is 6.22. The van der Waals surface area contributed by atoms with Gasteiger partial charge in [-0.1, -0.05) is 77.2 Å². The van der Waals surface area contributed by atoms with Crippen LogP contribution in [0.2, 0.25) is 10.0 Å². The minimum Gasteiger partial charge on any atom is -0.352 e. The number of hydrogen-bond donors (Lipinski definition) is 1. The summed E-state index contributed by atoms with van der Waals surface area (Å²) in [5.74, 6) is -0.879. The van der Waals surface area contributed by atoms with Gasteiger partial charge in [-0.05, 0) is 73.9 Å². The van der Waals surface area contributed by atoms with E-state index in [1.54, 1.807) is 67.6 Å². The van der Waals surface area contributed by atoms with E-state index in [0.717, 1.165) is 8.78 Å². The average molecular weight is 669 g/mol.